The summed E-state index contributed by atoms with van der Waals surface area (Å²) in [6.45, 7) is 2.04. The van der Waals surface area contributed by atoms with Gasteiger partial charge in [-0.25, -0.2) is 9.97 Å². The van der Waals surface area contributed by atoms with Gasteiger partial charge < -0.3 is 0 Å². The smallest absolute Gasteiger partial charge is 0.172 e. The Kier molecular flexibility index (Phi) is 3.74. The highest BCUT2D eigenvalue weighted by Gasteiger charge is 2.15. The lowest BCUT2D eigenvalue weighted by atomic mass is 10.1. The van der Waals surface area contributed by atoms with Gasteiger partial charge in [-0.3, -0.25) is 0 Å². The Bertz CT molecular complexity index is 731. The lowest BCUT2D eigenvalue weighted by Gasteiger charge is -2.07. The first-order valence-electron chi connectivity index (χ1n) is 6.00. The second kappa shape index (κ2) is 5.52. The highest BCUT2D eigenvalue weighted by Crippen LogP contribution is 2.35. The largest absolute Gasteiger partial charge is 0.215 e. The molecule has 0 spiro atoms. The van der Waals surface area contributed by atoms with E-state index in [0.717, 1.165) is 10.4 Å². The molecule has 2 aromatic heterocycles. The molecule has 100 valence electrons. The van der Waals surface area contributed by atoms with Crippen LogP contribution in [-0.4, -0.2) is 9.97 Å². The van der Waals surface area contributed by atoms with E-state index in [0.29, 0.717) is 21.7 Å². The van der Waals surface area contributed by atoms with Gasteiger partial charge in [0.05, 0.1) is 10.4 Å². The summed E-state index contributed by atoms with van der Waals surface area (Å²) < 4.78 is 0. The molecule has 0 saturated carbocycles. The molecule has 1 aromatic carbocycles. The third kappa shape index (κ3) is 2.57. The molecule has 2 heterocycles. The first kappa shape index (κ1) is 13.6. The van der Waals surface area contributed by atoms with E-state index in [1.807, 2.05) is 49.4 Å². The number of hydrogen-bond donors (Lipinski definition) is 0. The maximum absolute atomic E-state index is 6.29. The van der Waals surface area contributed by atoms with Crippen molar-refractivity contribution in [3.05, 3.63) is 57.6 Å². The van der Waals surface area contributed by atoms with Crippen LogP contribution >= 0.6 is 34.5 Å². The van der Waals surface area contributed by atoms with E-state index in [4.69, 9.17) is 23.2 Å². The fraction of sp³-hybridized carbons (Fsp3) is 0.0667. The van der Waals surface area contributed by atoms with E-state index in [1.165, 1.54) is 4.88 Å². The molecule has 0 radical (unpaired) electrons. The maximum atomic E-state index is 6.29. The number of aromatic nitrogens is 2. The standard InChI is InChI=1S/C15H10Cl2N2S/c1-9-7-8-11(20-9)15-18-13(16)12(14(17)19-15)10-5-3-2-4-6-10/h2-8H,1H3. The Balaban J connectivity index is 2.12. The van der Waals surface area contributed by atoms with Crippen molar-refractivity contribution < 1.29 is 0 Å². The Morgan fingerprint density at radius 1 is 0.900 bits per heavy atom. The Morgan fingerprint density at radius 3 is 2.10 bits per heavy atom. The second-order valence-electron chi connectivity index (χ2n) is 4.28. The van der Waals surface area contributed by atoms with Gasteiger partial charge in [-0.05, 0) is 24.6 Å². The van der Waals surface area contributed by atoms with Gasteiger partial charge in [0.25, 0.3) is 0 Å². The zero-order valence-electron chi connectivity index (χ0n) is 10.6. The van der Waals surface area contributed by atoms with Crippen molar-refractivity contribution in [2.24, 2.45) is 0 Å². The van der Waals surface area contributed by atoms with Gasteiger partial charge in [0.1, 0.15) is 10.3 Å². The quantitative estimate of drug-likeness (QED) is 0.583. The third-order valence-electron chi connectivity index (χ3n) is 2.84. The molecular formula is C15H10Cl2N2S. The monoisotopic (exact) mass is 320 g/mol. The van der Waals surface area contributed by atoms with Crippen LogP contribution in [-0.2, 0) is 0 Å². The van der Waals surface area contributed by atoms with Crippen LogP contribution in [0.1, 0.15) is 4.88 Å². The van der Waals surface area contributed by atoms with Gasteiger partial charge in [0, 0.05) is 4.88 Å². The van der Waals surface area contributed by atoms with Crippen molar-refractivity contribution in [3.8, 4) is 21.8 Å². The van der Waals surface area contributed by atoms with E-state index >= 15 is 0 Å². The van der Waals surface area contributed by atoms with Crippen LogP contribution in [0, 0.1) is 6.92 Å². The normalized spacial score (nSPS) is 10.8. The van der Waals surface area contributed by atoms with Gasteiger partial charge in [0.2, 0.25) is 0 Å². The Hall–Kier alpha value is -1.42. The number of rotatable bonds is 2. The van der Waals surface area contributed by atoms with Crippen molar-refractivity contribution in [3.63, 3.8) is 0 Å². The predicted octanol–water partition coefficient (Wildman–Crippen LogP) is 5.49. The molecular weight excluding hydrogens is 311 g/mol. The predicted molar refractivity (Wildman–Crippen MR) is 85.5 cm³/mol. The summed E-state index contributed by atoms with van der Waals surface area (Å²) in [6, 6.07) is 13.7. The van der Waals surface area contributed by atoms with E-state index in [2.05, 4.69) is 9.97 Å². The number of benzene rings is 1. The number of halogens is 2. The van der Waals surface area contributed by atoms with Crippen molar-refractivity contribution >= 4 is 34.5 Å². The van der Waals surface area contributed by atoms with Crippen LogP contribution in [0.4, 0.5) is 0 Å². The van der Waals surface area contributed by atoms with Gasteiger partial charge in [-0.15, -0.1) is 11.3 Å². The van der Waals surface area contributed by atoms with Crippen molar-refractivity contribution in [2.45, 2.75) is 6.92 Å². The minimum absolute atomic E-state index is 0.372. The summed E-state index contributed by atoms with van der Waals surface area (Å²) in [7, 11) is 0. The minimum atomic E-state index is 0.372. The van der Waals surface area contributed by atoms with Crippen LogP contribution in [0.2, 0.25) is 10.3 Å². The first-order chi connectivity index (χ1) is 9.65. The molecule has 20 heavy (non-hydrogen) atoms. The van der Waals surface area contributed by atoms with E-state index in [1.54, 1.807) is 11.3 Å². The summed E-state index contributed by atoms with van der Waals surface area (Å²) >= 11 is 14.2. The number of thiophene rings is 1. The highest BCUT2D eigenvalue weighted by molar-refractivity contribution is 7.15. The molecule has 0 amide bonds. The Labute approximate surface area is 131 Å². The summed E-state index contributed by atoms with van der Waals surface area (Å²) in [6.07, 6.45) is 0. The second-order valence-corrected chi connectivity index (χ2v) is 6.28. The minimum Gasteiger partial charge on any atom is -0.215 e. The number of hydrogen-bond acceptors (Lipinski definition) is 3. The van der Waals surface area contributed by atoms with Gasteiger partial charge in [0.15, 0.2) is 5.82 Å². The van der Waals surface area contributed by atoms with Gasteiger partial charge in [-0.1, -0.05) is 53.5 Å². The number of aryl methyl sites for hydroxylation is 1. The Morgan fingerprint density at radius 2 is 1.55 bits per heavy atom. The molecule has 5 heteroatoms. The van der Waals surface area contributed by atoms with E-state index in [-0.39, 0.29) is 0 Å². The average molecular weight is 321 g/mol. The van der Waals surface area contributed by atoms with Crippen LogP contribution in [0.15, 0.2) is 42.5 Å². The maximum Gasteiger partial charge on any atom is 0.172 e. The highest BCUT2D eigenvalue weighted by atomic mass is 35.5. The zero-order chi connectivity index (χ0) is 14.1. The zero-order valence-corrected chi connectivity index (χ0v) is 12.9. The van der Waals surface area contributed by atoms with Crippen LogP contribution in [0.5, 0.6) is 0 Å². The molecule has 2 nitrogen and oxygen atoms in total. The molecule has 0 fully saturated rings. The fourth-order valence-electron chi connectivity index (χ4n) is 1.92. The summed E-state index contributed by atoms with van der Waals surface area (Å²) in [5.74, 6) is 0.567. The van der Waals surface area contributed by atoms with Gasteiger partial charge >= 0.3 is 0 Å². The SMILES string of the molecule is Cc1ccc(-c2nc(Cl)c(-c3ccccc3)c(Cl)n2)s1. The van der Waals surface area contributed by atoms with Crippen LogP contribution in [0.25, 0.3) is 21.8 Å². The topological polar surface area (TPSA) is 25.8 Å². The average Bonchev–Trinajstić information content (AvgIpc) is 2.86. The molecule has 0 atom stereocenters. The van der Waals surface area contributed by atoms with Crippen LogP contribution < -0.4 is 0 Å². The molecule has 0 aliphatic carbocycles. The summed E-state index contributed by atoms with van der Waals surface area (Å²) in [5.41, 5.74) is 1.59. The molecule has 0 unspecified atom stereocenters. The van der Waals surface area contributed by atoms with Gasteiger partial charge in [-0.2, -0.15) is 0 Å². The molecule has 0 aliphatic heterocycles. The molecule has 0 bridgehead atoms. The summed E-state index contributed by atoms with van der Waals surface area (Å²) in [5, 5.41) is 0.745. The molecule has 0 N–H and O–H groups in total. The van der Waals surface area contributed by atoms with Crippen molar-refractivity contribution in [1.82, 2.24) is 9.97 Å². The van der Waals surface area contributed by atoms with E-state index in [9.17, 15) is 0 Å². The van der Waals surface area contributed by atoms with Crippen molar-refractivity contribution in [1.29, 1.82) is 0 Å². The number of nitrogens with zero attached hydrogens (tertiary/aromatic N) is 2. The fourth-order valence-corrected chi connectivity index (χ4v) is 3.32. The van der Waals surface area contributed by atoms with E-state index < -0.39 is 0 Å². The van der Waals surface area contributed by atoms with Crippen LogP contribution in [0.3, 0.4) is 0 Å². The van der Waals surface area contributed by atoms with Crippen molar-refractivity contribution in [2.75, 3.05) is 0 Å². The third-order valence-corrected chi connectivity index (χ3v) is 4.39. The molecule has 3 rings (SSSR count). The summed E-state index contributed by atoms with van der Waals surface area (Å²) in [4.78, 5) is 10.9. The first-order valence-corrected chi connectivity index (χ1v) is 7.57. The lowest BCUT2D eigenvalue weighted by molar-refractivity contribution is 1.19. The molecule has 0 saturated heterocycles. The lowest BCUT2D eigenvalue weighted by Crippen LogP contribution is -1.93. The molecule has 0 aliphatic rings. The molecule has 3 aromatic rings.